The Hall–Kier alpha value is -1.89. The maximum Gasteiger partial charge on any atom is 0.259 e. The molecule has 1 unspecified atom stereocenters. The number of carbonyl (C=O) groups is 2. The Morgan fingerprint density at radius 1 is 1.26 bits per heavy atom. The summed E-state index contributed by atoms with van der Waals surface area (Å²) in [6, 6.07) is 8.67. The topological polar surface area (TPSA) is 83.6 Å². The lowest BCUT2D eigenvalue weighted by Crippen LogP contribution is -2.68. The van der Waals surface area contributed by atoms with Crippen LogP contribution in [0.4, 0.5) is 0 Å². The van der Waals surface area contributed by atoms with Gasteiger partial charge in [0.15, 0.2) is 0 Å². The van der Waals surface area contributed by atoms with Crippen molar-refractivity contribution in [2.45, 2.75) is 37.5 Å². The maximum atomic E-state index is 12.4. The molecule has 0 aromatic heterocycles. The Morgan fingerprint density at radius 3 is 2.43 bits per heavy atom. The van der Waals surface area contributed by atoms with Crippen LogP contribution >= 0.6 is 0 Å². The molecule has 1 N–H and O–H groups in total. The predicted octanol–water partition coefficient (Wildman–Crippen LogP) is 1.03. The predicted molar refractivity (Wildman–Crippen MR) is 84.7 cm³/mol. The van der Waals surface area contributed by atoms with Crippen molar-refractivity contribution in [3.05, 3.63) is 35.9 Å². The highest BCUT2D eigenvalue weighted by atomic mass is 32.2. The quantitative estimate of drug-likeness (QED) is 0.870. The normalized spacial score (nSPS) is 24.0. The van der Waals surface area contributed by atoms with Crippen LogP contribution in [0.5, 0.6) is 0 Å². The molecule has 1 saturated heterocycles. The van der Waals surface area contributed by atoms with Crippen LogP contribution in [0.25, 0.3) is 0 Å². The number of benzene rings is 1. The minimum absolute atomic E-state index is 0.0170. The summed E-state index contributed by atoms with van der Waals surface area (Å²) in [7, 11) is -3.78. The van der Waals surface area contributed by atoms with Crippen LogP contribution in [0.15, 0.2) is 30.3 Å². The van der Waals surface area contributed by atoms with E-state index in [4.69, 9.17) is 0 Å². The largest absolute Gasteiger partial charge is 0.328 e. The van der Waals surface area contributed by atoms with Crippen molar-refractivity contribution < 1.29 is 18.0 Å². The zero-order valence-electron chi connectivity index (χ0n) is 13.0. The molecule has 3 rings (SSSR count). The van der Waals surface area contributed by atoms with Gasteiger partial charge in [0.2, 0.25) is 15.9 Å². The van der Waals surface area contributed by atoms with E-state index >= 15 is 0 Å². The average Bonchev–Trinajstić information content (AvgIpc) is 3.29. The number of sulfonamides is 1. The fraction of sp³-hybridized carbons (Fsp3) is 0.500. The van der Waals surface area contributed by atoms with Crippen molar-refractivity contribution in [1.82, 2.24) is 9.62 Å². The summed E-state index contributed by atoms with van der Waals surface area (Å²) in [5.74, 6) is -0.891. The van der Waals surface area contributed by atoms with Gasteiger partial charge in [0.25, 0.3) is 5.91 Å². The number of nitrogens with zero attached hydrogens (tertiary/aromatic N) is 1. The van der Waals surface area contributed by atoms with E-state index in [0.29, 0.717) is 18.5 Å². The van der Waals surface area contributed by atoms with Gasteiger partial charge in [0.1, 0.15) is 5.54 Å². The van der Waals surface area contributed by atoms with Crippen molar-refractivity contribution in [2.75, 3.05) is 6.54 Å². The van der Waals surface area contributed by atoms with Crippen LogP contribution in [-0.4, -0.2) is 37.2 Å². The van der Waals surface area contributed by atoms with E-state index in [1.54, 1.807) is 37.3 Å². The fourth-order valence-electron chi connectivity index (χ4n) is 2.78. The molecule has 1 aromatic rings. The van der Waals surface area contributed by atoms with Gasteiger partial charge in [-0.05, 0) is 31.7 Å². The summed E-state index contributed by atoms with van der Waals surface area (Å²) in [5.41, 5.74) is -0.443. The Morgan fingerprint density at radius 2 is 1.91 bits per heavy atom. The van der Waals surface area contributed by atoms with E-state index in [-0.39, 0.29) is 17.6 Å². The van der Waals surface area contributed by atoms with Gasteiger partial charge < -0.3 is 4.90 Å². The molecule has 0 spiro atoms. The zero-order chi connectivity index (χ0) is 16.7. The molecule has 1 aliphatic carbocycles. The second-order valence-corrected chi connectivity index (χ2v) is 8.19. The van der Waals surface area contributed by atoms with E-state index in [0.717, 1.165) is 12.8 Å². The minimum Gasteiger partial charge on any atom is -0.328 e. The van der Waals surface area contributed by atoms with Crippen LogP contribution in [0.3, 0.4) is 0 Å². The first-order valence-electron chi connectivity index (χ1n) is 7.72. The second kappa shape index (κ2) is 5.63. The van der Waals surface area contributed by atoms with Gasteiger partial charge in [-0.3, -0.25) is 14.3 Å². The third-order valence-corrected chi connectivity index (χ3v) is 5.76. The number of amides is 2. The molecule has 2 aliphatic rings. The highest BCUT2D eigenvalue weighted by molar-refractivity contribution is 7.89. The highest BCUT2D eigenvalue weighted by Crippen LogP contribution is 2.38. The first kappa shape index (κ1) is 16.0. The van der Waals surface area contributed by atoms with Gasteiger partial charge >= 0.3 is 0 Å². The molecule has 23 heavy (non-hydrogen) atoms. The summed E-state index contributed by atoms with van der Waals surface area (Å²) in [5, 5.41) is 0. The zero-order valence-corrected chi connectivity index (χ0v) is 13.8. The number of carbonyl (C=O) groups excluding carboxylic acids is 2. The fourth-order valence-corrected chi connectivity index (χ4v) is 3.99. The van der Waals surface area contributed by atoms with Crippen LogP contribution in [0.2, 0.25) is 0 Å². The van der Waals surface area contributed by atoms with E-state index in [9.17, 15) is 18.0 Å². The van der Waals surface area contributed by atoms with Crippen molar-refractivity contribution in [2.24, 2.45) is 5.92 Å². The molecule has 2 amide bonds. The molecular weight excluding hydrogens is 316 g/mol. The third kappa shape index (κ3) is 3.24. The smallest absolute Gasteiger partial charge is 0.259 e. The lowest BCUT2D eigenvalue weighted by molar-refractivity contribution is -0.157. The molecule has 1 aliphatic heterocycles. The van der Waals surface area contributed by atoms with Crippen LogP contribution in [0, 0.1) is 5.92 Å². The van der Waals surface area contributed by atoms with Crippen molar-refractivity contribution in [3.8, 4) is 0 Å². The van der Waals surface area contributed by atoms with Gasteiger partial charge in [-0.25, -0.2) is 8.42 Å². The monoisotopic (exact) mass is 336 g/mol. The van der Waals surface area contributed by atoms with Gasteiger partial charge in [-0.15, -0.1) is 0 Å². The number of rotatable bonds is 5. The maximum absolute atomic E-state index is 12.4. The molecule has 2 fully saturated rings. The summed E-state index contributed by atoms with van der Waals surface area (Å²) < 4.78 is 26.5. The van der Waals surface area contributed by atoms with Gasteiger partial charge in [0.05, 0.1) is 5.75 Å². The van der Waals surface area contributed by atoms with Gasteiger partial charge in [-0.2, -0.15) is 0 Å². The molecule has 7 heteroatoms. The molecule has 0 bridgehead atoms. The Bertz CT molecular complexity index is 728. The molecule has 1 aromatic carbocycles. The first-order valence-corrected chi connectivity index (χ1v) is 9.37. The molecule has 124 valence electrons. The second-order valence-electron chi connectivity index (χ2n) is 6.46. The van der Waals surface area contributed by atoms with Crippen LogP contribution < -0.4 is 4.72 Å². The Labute approximate surface area is 135 Å². The van der Waals surface area contributed by atoms with Crippen molar-refractivity contribution >= 4 is 21.8 Å². The van der Waals surface area contributed by atoms with E-state index < -0.39 is 21.5 Å². The SMILES string of the molecule is CC1(C(=O)NS(=O)(=O)Cc2ccccc2)CCN1C(=O)C1CC1. The molecule has 1 saturated carbocycles. The van der Waals surface area contributed by atoms with E-state index in [1.165, 1.54) is 4.90 Å². The molecule has 1 atom stereocenters. The molecule has 1 heterocycles. The van der Waals surface area contributed by atoms with Crippen LogP contribution in [0.1, 0.15) is 31.7 Å². The Kier molecular flexibility index (Phi) is 3.91. The number of likely N-dealkylation sites (tertiary alicyclic amines) is 1. The summed E-state index contributed by atoms with van der Waals surface area (Å²) >= 11 is 0. The molecular formula is C16H20N2O4S. The minimum atomic E-state index is -3.78. The number of hydrogen-bond donors (Lipinski definition) is 1. The van der Waals surface area contributed by atoms with Crippen LogP contribution in [-0.2, 0) is 25.4 Å². The van der Waals surface area contributed by atoms with E-state index in [2.05, 4.69) is 4.72 Å². The van der Waals surface area contributed by atoms with Gasteiger partial charge in [0, 0.05) is 12.5 Å². The Balaban J connectivity index is 1.67. The number of hydrogen-bond acceptors (Lipinski definition) is 4. The summed E-state index contributed by atoms with van der Waals surface area (Å²) in [6.45, 7) is 2.14. The summed E-state index contributed by atoms with van der Waals surface area (Å²) in [6.07, 6.45) is 2.21. The average molecular weight is 336 g/mol. The lowest BCUT2D eigenvalue weighted by atomic mass is 9.85. The highest BCUT2D eigenvalue weighted by Gasteiger charge is 2.52. The standard InChI is InChI=1S/C16H20N2O4S/c1-16(9-10-18(16)14(19)13-7-8-13)15(20)17-23(21,22)11-12-5-3-2-4-6-12/h2-6,13H,7-11H2,1H3,(H,17,20). The van der Waals surface area contributed by atoms with Crippen molar-refractivity contribution in [1.29, 1.82) is 0 Å². The first-order chi connectivity index (χ1) is 10.8. The summed E-state index contributed by atoms with van der Waals surface area (Å²) in [4.78, 5) is 26.1. The molecule has 0 radical (unpaired) electrons. The van der Waals surface area contributed by atoms with Crippen molar-refractivity contribution in [3.63, 3.8) is 0 Å². The molecule has 6 nitrogen and oxygen atoms in total. The van der Waals surface area contributed by atoms with Gasteiger partial charge in [-0.1, -0.05) is 30.3 Å². The number of nitrogens with one attached hydrogen (secondary N) is 1. The van der Waals surface area contributed by atoms with E-state index in [1.807, 2.05) is 0 Å². The third-order valence-electron chi connectivity index (χ3n) is 4.55. The lowest BCUT2D eigenvalue weighted by Gasteiger charge is -2.49.